The van der Waals surface area contributed by atoms with Crippen molar-refractivity contribution in [3.8, 4) is 0 Å². The molecule has 0 saturated carbocycles. The Hall–Kier alpha value is -7.11. The van der Waals surface area contributed by atoms with E-state index in [9.17, 15) is 43.5 Å². The van der Waals surface area contributed by atoms with Crippen molar-refractivity contribution in [2.75, 3.05) is 32.8 Å². The number of carbonyl (C=O) groups is 8. The lowest BCUT2D eigenvalue weighted by Crippen LogP contribution is -2.57. The molecule has 3 rings (SSSR count). The van der Waals surface area contributed by atoms with E-state index in [-0.39, 0.29) is 44.6 Å². The highest BCUT2D eigenvalue weighted by Gasteiger charge is 2.30. The van der Waals surface area contributed by atoms with Crippen LogP contribution in [0.2, 0.25) is 0 Å². The summed E-state index contributed by atoms with van der Waals surface area (Å²) in [6.07, 6.45) is 2.84. The number of hydrogen-bond donors (Lipinski definition) is 14. The fourth-order valence-corrected chi connectivity index (χ4v) is 6.42. The van der Waals surface area contributed by atoms with Crippen molar-refractivity contribution in [1.29, 1.82) is 0 Å². The number of aliphatic hydroxyl groups excluding tert-OH is 1. The van der Waals surface area contributed by atoms with Gasteiger partial charge in [0, 0.05) is 36.5 Å². The van der Waals surface area contributed by atoms with Gasteiger partial charge in [-0.3, -0.25) is 38.6 Å². The highest BCUT2D eigenvalue weighted by molar-refractivity contribution is 5.96. The summed E-state index contributed by atoms with van der Waals surface area (Å²) in [6.45, 7) is -0.113. The summed E-state index contributed by atoms with van der Waals surface area (Å²) < 4.78 is 0. The molecule has 0 bridgehead atoms. The third kappa shape index (κ3) is 18.3. The SMILES string of the molecule is CC(NC(=O)C(CCCCN)NC(=O)CNC(=O)C(N)CO)C(=O)NC(CCCN=C(N)N)C(=O)NCC(=O)NC(Cc1c[nH]c2ccccc12)C(=O)NC(Cc1ccccc1)C(=O)O. The summed E-state index contributed by atoms with van der Waals surface area (Å²) in [5.74, 6) is -6.96. The second kappa shape index (κ2) is 27.2. The minimum atomic E-state index is -1.33. The van der Waals surface area contributed by atoms with Crippen molar-refractivity contribution >= 4 is 64.2 Å². The number of aromatic amines is 1. The Morgan fingerprint density at radius 2 is 1.26 bits per heavy atom. The van der Waals surface area contributed by atoms with Crippen LogP contribution in [0.25, 0.3) is 10.9 Å². The van der Waals surface area contributed by atoms with Crippen molar-refractivity contribution in [2.24, 2.45) is 27.9 Å². The minimum absolute atomic E-state index is 0.0242. The summed E-state index contributed by atoms with van der Waals surface area (Å²) in [6, 6.07) is 8.41. The number of para-hydroxylation sites is 1. The lowest BCUT2D eigenvalue weighted by atomic mass is 10.0. The van der Waals surface area contributed by atoms with Crippen LogP contribution in [0, 0.1) is 0 Å². The van der Waals surface area contributed by atoms with E-state index in [0.29, 0.717) is 30.5 Å². The van der Waals surface area contributed by atoms with Crippen LogP contribution in [-0.4, -0.2) is 138 Å². The number of nitrogens with zero attached hydrogens (tertiary/aromatic N) is 1. The lowest BCUT2D eigenvalue weighted by molar-refractivity contribution is -0.142. The Morgan fingerprint density at radius 3 is 1.91 bits per heavy atom. The maximum Gasteiger partial charge on any atom is 0.326 e. The van der Waals surface area contributed by atoms with Crippen LogP contribution in [0.1, 0.15) is 50.2 Å². The quantitative estimate of drug-likeness (QED) is 0.0189. The molecule has 0 saturated heterocycles. The smallest absolute Gasteiger partial charge is 0.326 e. The number of nitrogens with two attached hydrogens (primary N) is 4. The Kier molecular flexibility index (Phi) is 21.8. The average Bonchev–Trinajstić information content (AvgIpc) is 3.69. The summed E-state index contributed by atoms with van der Waals surface area (Å²) in [4.78, 5) is 111. The van der Waals surface area contributed by atoms with E-state index in [4.69, 9.17) is 28.0 Å². The van der Waals surface area contributed by atoms with Crippen molar-refractivity contribution in [2.45, 2.75) is 88.1 Å². The van der Waals surface area contributed by atoms with Crippen molar-refractivity contribution in [3.63, 3.8) is 0 Å². The van der Waals surface area contributed by atoms with Gasteiger partial charge in [-0.25, -0.2) is 4.79 Å². The standard InChI is InChI=1S/C42H61N13O10/c1-24(51-39(62)31(14-7-8-16-43)52-34(57)21-49-37(60)28(44)23-56)36(59)54-30(15-9-17-47-42(45)46)38(61)50-22-35(58)53-32(19-26-20-48-29-13-6-5-12-27(26)29)40(63)55-33(41(64)65)18-25-10-3-2-4-11-25/h2-6,10-13,20,24,28,30-33,48,56H,7-9,14-19,21-23,43-44H2,1H3,(H,49,60)(H,50,61)(H,51,62)(H,52,57)(H,53,58)(H,54,59)(H,55,63)(H,64,65)(H4,45,46,47). The van der Waals surface area contributed by atoms with Crippen molar-refractivity contribution < 1.29 is 48.6 Å². The summed E-state index contributed by atoms with van der Waals surface area (Å²) in [5, 5.41) is 37.2. The van der Waals surface area contributed by atoms with Gasteiger partial charge in [-0.05, 0) is 62.8 Å². The molecule has 23 nitrogen and oxygen atoms in total. The average molecular weight is 908 g/mol. The summed E-state index contributed by atoms with van der Waals surface area (Å²) in [7, 11) is 0. The number of H-pyrrole nitrogens is 1. The van der Waals surface area contributed by atoms with Gasteiger partial charge in [-0.1, -0.05) is 48.5 Å². The molecule has 23 heteroatoms. The van der Waals surface area contributed by atoms with Gasteiger partial charge in [0.2, 0.25) is 41.4 Å². The second-order valence-electron chi connectivity index (χ2n) is 15.1. The number of unbranched alkanes of at least 4 members (excludes halogenated alkanes) is 1. The van der Waals surface area contributed by atoms with E-state index in [1.54, 1.807) is 42.6 Å². The summed E-state index contributed by atoms with van der Waals surface area (Å²) in [5.41, 5.74) is 24.0. The van der Waals surface area contributed by atoms with E-state index < -0.39 is 103 Å². The molecule has 0 spiro atoms. The molecule has 0 radical (unpaired) electrons. The Balaban J connectivity index is 1.72. The number of carboxylic acids is 1. The molecule has 6 unspecified atom stereocenters. The van der Waals surface area contributed by atoms with Crippen molar-refractivity contribution in [1.82, 2.24) is 42.2 Å². The van der Waals surface area contributed by atoms with Crippen LogP contribution < -0.4 is 60.2 Å². The van der Waals surface area contributed by atoms with E-state index in [1.807, 2.05) is 18.2 Å². The van der Waals surface area contributed by atoms with Gasteiger partial charge in [-0.2, -0.15) is 0 Å². The number of fused-ring (bicyclic) bond motifs is 1. The number of benzene rings is 2. The fraction of sp³-hybridized carbons (Fsp3) is 0.452. The first kappa shape index (κ1) is 52.2. The maximum atomic E-state index is 13.8. The molecule has 2 aromatic carbocycles. The maximum absolute atomic E-state index is 13.8. The molecule has 18 N–H and O–H groups in total. The third-order valence-electron chi connectivity index (χ3n) is 9.96. The molecular weight excluding hydrogens is 847 g/mol. The normalized spacial score (nSPS) is 13.7. The van der Waals surface area contributed by atoms with Gasteiger partial charge in [0.25, 0.3) is 0 Å². The number of aliphatic imine (C=N–C) groups is 1. The zero-order valence-electron chi connectivity index (χ0n) is 36.1. The number of carboxylic acid groups (broad SMARTS) is 1. The Bertz CT molecular complexity index is 2110. The molecule has 65 heavy (non-hydrogen) atoms. The number of guanidine groups is 1. The van der Waals surface area contributed by atoms with Gasteiger partial charge in [0.05, 0.1) is 19.7 Å². The topological polar surface area (TPSA) is 393 Å². The van der Waals surface area contributed by atoms with E-state index in [2.05, 4.69) is 47.2 Å². The van der Waals surface area contributed by atoms with Gasteiger partial charge in [-0.15, -0.1) is 0 Å². The first-order chi connectivity index (χ1) is 31.0. The monoisotopic (exact) mass is 907 g/mol. The van der Waals surface area contributed by atoms with Crippen LogP contribution in [0.5, 0.6) is 0 Å². The number of aliphatic carboxylic acids is 1. The minimum Gasteiger partial charge on any atom is -0.480 e. The van der Waals surface area contributed by atoms with E-state index in [0.717, 1.165) is 10.9 Å². The van der Waals surface area contributed by atoms with Crippen LogP contribution >= 0.6 is 0 Å². The predicted molar refractivity (Wildman–Crippen MR) is 239 cm³/mol. The molecule has 0 aliphatic rings. The molecule has 0 fully saturated rings. The van der Waals surface area contributed by atoms with Gasteiger partial charge in [0.1, 0.15) is 36.3 Å². The zero-order chi connectivity index (χ0) is 47.9. The molecule has 6 atom stereocenters. The molecule has 0 aliphatic heterocycles. The number of rotatable bonds is 28. The number of hydrogen-bond acceptors (Lipinski definition) is 12. The van der Waals surface area contributed by atoms with Crippen LogP contribution in [0.3, 0.4) is 0 Å². The molecule has 1 aromatic heterocycles. The number of amides is 7. The molecule has 3 aromatic rings. The Morgan fingerprint density at radius 1 is 0.677 bits per heavy atom. The highest BCUT2D eigenvalue weighted by Crippen LogP contribution is 2.19. The zero-order valence-corrected chi connectivity index (χ0v) is 36.1. The molecule has 7 amide bonds. The number of carbonyl (C=O) groups excluding carboxylic acids is 7. The molecule has 1 heterocycles. The predicted octanol–water partition coefficient (Wildman–Crippen LogP) is -3.78. The van der Waals surface area contributed by atoms with Crippen LogP contribution in [0.4, 0.5) is 0 Å². The lowest BCUT2D eigenvalue weighted by Gasteiger charge is -2.24. The van der Waals surface area contributed by atoms with Gasteiger partial charge in [0.15, 0.2) is 5.96 Å². The summed E-state index contributed by atoms with van der Waals surface area (Å²) >= 11 is 0. The van der Waals surface area contributed by atoms with Crippen molar-refractivity contribution in [3.05, 3.63) is 71.9 Å². The number of aliphatic hydroxyl groups is 1. The number of aromatic nitrogens is 1. The van der Waals surface area contributed by atoms with Crippen LogP contribution in [-0.2, 0) is 51.2 Å². The molecule has 354 valence electrons. The first-order valence-corrected chi connectivity index (χ1v) is 21.0. The third-order valence-corrected chi connectivity index (χ3v) is 9.96. The fourth-order valence-electron chi connectivity index (χ4n) is 6.42. The Labute approximate surface area is 375 Å². The largest absolute Gasteiger partial charge is 0.480 e. The second-order valence-corrected chi connectivity index (χ2v) is 15.1. The number of nitrogens with one attached hydrogen (secondary N) is 8. The van der Waals surface area contributed by atoms with Gasteiger partial charge >= 0.3 is 5.97 Å². The first-order valence-electron chi connectivity index (χ1n) is 21.0. The van der Waals surface area contributed by atoms with E-state index >= 15 is 0 Å². The van der Waals surface area contributed by atoms with Gasteiger partial charge < -0.3 is 75.3 Å². The van der Waals surface area contributed by atoms with Crippen LogP contribution in [0.15, 0.2) is 65.8 Å². The van der Waals surface area contributed by atoms with E-state index in [1.165, 1.54) is 6.92 Å². The highest BCUT2D eigenvalue weighted by atomic mass is 16.4. The molecular formula is C42H61N13O10. The molecule has 0 aliphatic carbocycles.